The van der Waals surface area contributed by atoms with Gasteiger partial charge in [-0.25, -0.2) is 0 Å². The number of nitrogens with two attached hydrogens (primary N) is 1. The van der Waals surface area contributed by atoms with Crippen LogP contribution in [0.3, 0.4) is 0 Å². The van der Waals surface area contributed by atoms with Crippen LogP contribution < -0.4 is 38.0 Å². The van der Waals surface area contributed by atoms with E-state index in [4.69, 9.17) is 5.73 Å². The molecule has 0 atom stereocenters. The number of hydrogen-bond acceptors (Lipinski definition) is 7. The van der Waals surface area contributed by atoms with Crippen molar-refractivity contribution in [3.8, 4) is 0 Å². The van der Waals surface area contributed by atoms with Gasteiger partial charge < -0.3 is 171 Å². The number of quaternary nitrogens is 4. The summed E-state index contributed by atoms with van der Waals surface area (Å²) in [6.45, 7) is 57.7. The first-order valence-electron chi connectivity index (χ1n) is 34.6. The zero-order valence-electron chi connectivity index (χ0n) is 68.0. The molecule has 0 aromatic heterocycles. The molecule has 105 heavy (non-hydrogen) atoms. The zero-order chi connectivity index (χ0) is 58.6. The summed E-state index contributed by atoms with van der Waals surface area (Å²) in [6, 6.07) is 0. The fraction of sp³-hybridized carbons (Fsp3) is 1.00. The minimum absolute atomic E-state index is 0. The van der Waals surface area contributed by atoms with Gasteiger partial charge in [0.1, 0.15) is 0 Å². The van der Waals surface area contributed by atoms with Crippen LogP contribution in [0.5, 0.6) is 0 Å². The second-order valence-corrected chi connectivity index (χ2v) is 24.4. The number of nitrogens with zero attached hydrogens (tertiary/aromatic N) is 4. The summed E-state index contributed by atoms with van der Waals surface area (Å²) in [6.07, 6.45) is 44.2. The summed E-state index contributed by atoms with van der Waals surface area (Å²) >= 11 is 0. The molecule has 0 spiro atoms. The molecule has 0 aromatic rings. The number of unbranched alkanes of at least 4 members (excludes halogenated alkanes) is 16. The Balaban J connectivity index is -0.0000000177. The second kappa shape index (κ2) is 171. The van der Waals surface area contributed by atoms with Crippen LogP contribution in [-0.2, 0) is 242 Å². The van der Waals surface area contributed by atoms with E-state index in [9.17, 15) is 15.3 Å². The van der Waals surface area contributed by atoms with Gasteiger partial charge in [0.2, 0.25) is 0 Å². The molecule has 1 radical (unpaired) electrons. The molecule has 5 N–H and O–H groups in total. The molecule has 685 valence electrons. The molecule has 0 rings (SSSR count). The minimum Gasteiger partial charge on any atom is -2.00 e. The Kier molecular flexibility index (Phi) is 368. The standard InChI is InChI=1S/4C16H36N.C4H8NO3.BrH.Mn.6Mo.3H2O.18O/c4*1-5-9-13-17(14-10-6-2,15-11-7-3)16-12-8-4;5-4(1-6,2-7)3-8;;;;;;;;;;;;;;;;;;;;;;;;;;;;;/h4*5-16H2,1-4H3;1-3,5H2;1H;;;;;;;;3*1H2;;;;;;;;;;;;;;;;;;/q4*+1;-3;;;;;;;;;;;;18*-2/p-4. The van der Waals surface area contributed by atoms with E-state index in [-0.39, 0.29) is 275 Å². The minimum atomic E-state index is -1.54. The van der Waals surface area contributed by atoms with E-state index in [0.29, 0.717) is 0 Å². The van der Waals surface area contributed by atoms with Gasteiger partial charge in [0, 0.05) is 143 Å². The monoisotopic (exact) mass is 2150 g/mol. The van der Waals surface area contributed by atoms with Crippen molar-refractivity contribution in [3.05, 3.63) is 0 Å². The van der Waals surface area contributed by atoms with E-state index in [1.165, 1.54) is 328 Å². The van der Waals surface area contributed by atoms with Gasteiger partial charge in [-0.2, -0.15) is 0 Å². The molecule has 0 saturated heterocycles. The van der Waals surface area contributed by atoms with Crippen LogP contribution in [0.15, 0.2) is 0 Å². The Labute approximate surface area is 753 Å². The van der Waals surface area contributed by atoms with Gasteiger partial charge in [-0.15, -0.1) is 19.8 Å². The van der Waals surface area contributed by atoms with Gasteiger partial charge in [-0.3, -0.25) is 0 Å². The van der Waals surface area contributed by atoms with Crippen molar-refractivity contribution in [1.29, 1.82) is 0 Å². The Hall–Kier alpha value is 3.97. The molecule has 29 nitrogen and oxygen atoms in total. The third-order valence-electron chi connectivity index (χ3n) is 16.6. The number of hydrogen-bond donors (Lipinski definition) is 1. The molecule has 0 unspecified atom stereocenters. The summed E-state index contributed by atoms with van der Waals surface area (Å²) in [5, 5.41) is 29.7. The van der Waals surface area contributed by atoms with Crippen LogP contribution in [-0.4, -0.2) is 164 Å². The van der Waals surface area contributed by atoms with Crippen LogP contribution in [0.25, 0.3) is 0 Å². The average Bonchev–Trinajstić information content (AvgIpc) is 3.46. The first kappa shape index (κ1) is 226. The summed E-state index contributed by atoms with van der Waals surface area (Å²) in [4.78, 5) is 0. The smallest absolute Gasteiger partial charge is 0.0786 e. The zero-order valence-corrected chi connectivity index (χ0v) is 82.9. The molecule has 0 aliphatic heterocycles. The molecule has 0 bridgehead atoms. The Morgan fingerprint density at radius 3 is 0.276 bits per heavy atom. The SMILES string of the molecule is CCCC[N+](CCCC)(CCCC)CCCC.CCCC[N+](CCCC)(CCCC)CCCC.CCCC[N+](CCCC)(CCCC)CCCC.CCCC[N+](CCCC)(CCCC)CCCC.NC(C[O-])(C[O-])C[O-].[Br-].[Mn].[Mo].[Mo].[Mo].[Mo].[Mo].[Mo].[O-2].[O-2].[O-2].[O-2].[O-2].[O-2].[O-2].[O-2].[O-2].[O-2].[O-2].[O-2].[O-2].[O-2].[O-2].[O-2].[O-2].[O-2].[OH-].[OH-].[OH-]. The van der Waals surface area contributed by atoms with Crippen LogP contribution in [0.4, 0.5) is 0 Å². The molecular formula is C68H155BrMnMo6N5O24-39. The predicted octanol–water partition coefficient (Wildman–Crippen LogP) is 10.1. The molecule has 0 saturated carbocycles. The van der Waals surface area contributed by atoms with Crippen LogP contribution >= 0.6 is 0 Å². The van der Waals surface area contributed by atoms with E-state index in [1.54, 1.807) is 0 Å². The molecule has 0 amide bonds. The quantitative estimate of drug-likeness (QED) is 0.0453. The maximum Gasteiger partial charge on any atom is 0.0786 e. The Bertz CT molecular complexity index is 865. The average molecular weight is 2140 g/mol. The second-order valence-electron chi connectivity index (χ2n) is 24.4. The van der Waals surface area contributed by atoms with Gasteiger partial charge in [0.15, 0.2) is 0 Å². The van der Waals surface area contributed by atoms with E-state index >= 15 is 0 Å². The molecular weight excluding hydrogens is 1980 g/mol. The first-order chi connectivity index (χ1) is 36.7. The van der Waals surface area contributed by atoms with Crippen molar-refractivity contribution in [2.24, 2.45) is 5.73 Å². The van der Waals surface area contributed by atoms with Gasteiger partial charge in [0.25, 0.3) is 0 Å². The predicted molar refractivity (Wildman–Crippen MR) is 357 cm³/mol. The third-order valence-corrected chi connectivity index (χ3v) is 16.6. The van der Waals surface area contributed by atoms with Gasteiger partial charge in [0.05, 0.1) is 105 Å². The van der Waals surface area contributed by atoms with E-state index in [2.05, 4.69) is 111 Å². The number of halogens is 1. The molecule has 0 fully saturated rings. The molecule has 0 aliphatic carbocycles. The summed E-state index contributed by atoms with van der Waals surface area (Å²) < 4.78 is 5.68. The van der Waals surface area contributed by atoms with Crippen molar-refractivity contribution >= 4 is 0 Å². The van der Waals surface area contributed by atoms with Crippen molar-refractivity contribution in [3.63, 3.8) is 0 Å². The fourth-order valence-corrected chi connectivity index (χ4v) is 10.7. The van der Waals surface area contributed by atoms with Gasteiger partial charge in [-0.1, -0.05) is 214 Å². The fourth-order valence-electron chi connectivity index (χ4n) is 10.7. The topological polar surface area (TPSA) is 698 Å². The van der Waals surface area contributed by atoms with Gasteiger partial charge >= 0.3 is 0 Å². The Morgan fingerprint density at radius 2 is 0.248 bits per heavy atom. The summed E-state index contributed by atoms with van der Waals surface area (Å²) in [7, 11) is 0. The van der Waals surface area contributed by atoms with Crippen molar-refractivity contribution in [2.75, 3.05) is 125 Å². The van der Waals surface area contributed by atoms with E-state index < -0.39 is 25.4 Å². The van der Waals surface area contributed by atoms with E-state index in [0.717, 1.165) is 0 Å². The van der Waals surface area contributed by atoms with Crippen molar-refractivity contribution < 1.29 is 309 Å². The molecule has 0 aromatic carbocycles. The third kappa shape index (κ3) is 140. The first-order valence-corrected chi connectivity index (χ1v) is 34.6. The number of rotatable bonds is 51. The van der Waals surface area contributed by atoms with Crippen LogP contribution in [0, 0.1) is 0 Å². The van der Waals surface area contributed by atoms with Crippen molar-refractivity contribution in [1.82, 2.24) is 0 Å². The maximum absolute atomic E-state index is 9.89. The van der Waals surface area contributed by atoms with E-state index in [1.807, 2.05) is 0 Å². The normalized spacial score (nSPS) is 8.69. The Morgan fingerprint density at radius 1 is 0.190 bits per heavy atom. The maximum atomic E-state index is 9.89. The summed E-state index contributed by atoms with van der Waals surface area (Å²) in [5.74, 6) is 0. The summed E-state index contributed by atoms with van der Waals surface area (Å²) in [5.41, 5.74) is 3.42. The van der Waals surface area contributed by atoms with Gasteiger partial charge in [-0.05, 0) is 108 Å². The van der Waals surface area contributed by atoms with Crippen molar-refractivity contribution in [2.45, 2.75) is 322 Å². The largest absolute Gasteiger partial charge is 2.00 e. The molecule has 0 aliphatic rings. The van der Waals surface area contributed by atoms with Crippen LogP contribution in [0.1, 0.15) is 316 Å². The molecule has 37 heteroatoms. The van der Waals surface area contributed by atoms with Crippen LogP contribution in [0.2, 0.25) is 0 Å². The molecule has 0 heterocycles.